The quantitative estimate of drug-likeness (QED) is 0.678. The summed E-state index contributed by atoms with van der Waals surface area (Å²) >= 11 is 1.57. The highest BCUT2D eigenvalue weighted by atomic mass is 32.1. The van der Waals surface area contributed by atoms with E-state index in [1.807, 2.05) is 18.2 Å². The number of para-hydroxylation sites is 1. The zero-order chi connectivity index (χ0) is 13.9. The van der Waals surface area contributed by atoms with Gasteiger partial charge in [0, 0.05) is 7.11 Å². The van der Waals surface area contributed by atoms with Crippen LogP contribution in [-0.2, 0) is 11.3 Å². The van der Waals surface area contributed by atoms with Gasteiger partial charge < -0.3 is 9.15 Å². The molecule has 0 aliphatic rings. The maximum absolute atomic E-state index is 5.55. The summed E-state index contributed by atoms with van der Waals surface area (Å²) in [5, 5.41) is 0.735. The molecule has 0 radical (unpaired) electrons. The number of aliphatic imine (C=N–C) groups is 1. The predicted molar refractivity (Wildman–Crippen MR) is 81.0 cm³/mol. The fourth-order valence-corrected chi connectivity index (χ4v) is 2.82. The van der Waals surface area contributed by atoms with Crippen molar-refractivity contribution in [3.8, 4) is 0 Å². The number of methoxy groups -OCH3 is 1. The Bertz CT molecular complexity index is 758. The molecule has 20 heavy (non-hydrogen) atoms. The first kappa shape index (κ1) is 13.0. The third-order valence-corrected chi connectivity index (χ3v) is 3.81. The van der Waals surface area contributed by atoms with E-state index in [4.69, 9.17) is 9.15 Å². The number of nitrogens with zero attached hydrogens (tertiary/aromatic N) is 2. The van der Waals surface area contributed by atoms with Gasteiger partial charge in [-0.05, 0) is 30.7 Å². The van der Waals surface area contributed by atoms with E-state index < -0.39 is 0 Å². The second-order valence-corrected chi connectivity index (χ2v) is 5.42. The van der Waals surface area contributed by atoms with E-state index in [0.29, 0.717) is 12.4 Å². The molecule has 102 valence electrons. The van der Waals surface area contributed by atoms with E-state index in [0.717, 1.165) is 21.1 Å². The van der Waals surface area contributed by atoms with Gasteiger partial charge in [0.2, 0.25) is 5.13 Å². The summed E-state index contributed by atoms with van der Waals surface area (Å²) in [6.07, 6.45) is 1.69. The molecule has 3 rings (SSSR count). The van der Waals surface area contributed by atoms with Crippen LogP contribution in [0.3, 0.4) is 0 Å². The van der Waals surface area contributed by atoms with E-state index in [1.54, 1.807) is 24.7 Å². The molecule has 4 nitrogen and oxygen atoms in total. The molecule has 0 aliphatic heterocycles. The number of aromatic nitrogens is 1. The van der Waals surface area contributed by atoms with Gasteiger partial charge in [-0.1, -0.05) is 23.5 Å². The van der Waals surface area contributed by atoms with E-state index in [-0.39, 0.29) is 0 Å². The monoisotopic (exact) mass is 286 g/mol. The summed E-state index contributed by atoms with van der Waals surface area (Å²) in [6.45, 7) is 2.52. The highest BCUT2D eigenvalue weighted by Gasteiger charge is 2.04. The first-order valence-electron chi connectivity index (χ1n) is 6.24. The lowest BCUT2D eigenvalue weighted by molar-refractivity contribution is 0.164. The van der Waals surface area contributed by atoms with Gasteiger partial charge in [-0.2, -0.15) is 0 Å². The Morgan fingerprint density at radius 2 is 2.25 bits per heavy atom. The molecule has 0 saturated carbocycles. The van der Waals surface area contributed by atoms with Crippen molar-refractivity contribution < 1.29 is 9.15 Å². The number of fused-ring (bicyclic) bond motifs is 1. The van der Waals surface area contributed by atoms with Crippen LogP contribution in [0.5, 0.6) is 0 Å². The Morgan fingerprint density at radius 3 is 3.05 bits per heavy atom. The number of rotatable bonds is 4. The minimum absolute atomic E-state index is 0.466. The zero-order valence-electron chi connectivity index (χ0n) is 11.3. The third kappa shape index (κ3) is 2.64. The minimum atomic E-state index is 0.466. The van der Waals surface area contributed by atoms with E-state index in [9.17, 15) is 0 Å². The van der Waals surface area contributed by atoms with Crippen LogP contribution in [0.4, 0.5) is 5.13 Å². The molecule has 0 N–H and O–H groups in total. The molecular weight excluding hydrogens is 272 g/mol. The van der Waals surface area contributed by atoms with Crippen molar-refractivity contribution in [2.75, 3.05) is 7.11 Å². The van der Waals surface area contributed by atoms with Crippen molar-refractivity contribution >= 4 is 32.9 Å². The van der Waals surface area contributed by atoms with Crippen molar-refractivity contribution in [2.24, 2.45) is 4.99 Å². The first-order chi connectivity index (χ1) is 9.76. The molecule has 0 unspecified atom stereocenters. The van der Waals surface area contributed by atoms with E-state index in [1.165, 1.54) is 5.56 Å². The fraction of sp³-hybridized carbons (Fsp3) is 0.200. The van der Waals surface area contributed by atoms with Crippen LogP contribution in [0.2, 0.25) is 0 Å². The summed E-state index contributed by atoms with van der Waals surface area (Å²) in [7, 11) is 1.64. The molecule has 2 aromatic heterocycles. The van der Waals surface area contributed by atoms with Crippen LogP contribution in [0.15, 0.2) is 39.7 Å². The molecular formula is C15H14N2O2S. The van der Waals surface area contributed by atoms with Crippen LogP contribution in [0.25, 0.3) is 10.2 Å². The predicted octanol–water partition coefficient (Wildman–Crippen LogP) is 4.09. The Hall–Kier alpha value is -1.98. The maximum atomic E-state index is 5.55. The number of benzene rings is 1. The molecule has 3 aromatic rings. The largest absolute Gasteiger partial charge is 0.458 e. The van der Waals surface area contributed by atoms with Gasteiger partial charge in [0.25, 0.3) is 0 Å². The number of thiazole rings is 1. The van der Waals surface area contributed by atoms with Crippen molar-refractivity contribution in [3.63, 3.8) is 0 Å². The molecule has 0 bridgehead atoms. The van der Waals surface area contributed by atoms with Crippen molar-refractivity contribution in [3.05, 3.63) is 47.4 Å². The SMILES string of the molecule is COCc1ccc(C=Nc2nc3c(C)cccc3s2)o1. The number of ether oxygens (including phenoxy) is 1. The lowest BCUT2D eigenvalue weighted by Gasteiger charge is -1.91. The summed E-state index contributed by atoms with van der Waals surface area (Å²) in [6, 6.07) is 9.90. The highest BCUT2D eigenvalue weighted by Crippen LogP contribution is 2.29. The normalized spacial score (nSPS) is 11.7. The Labute approximate surface area is 120 Å². The second-order valence-electron chi connectivity index (χ2n) is 4.41. The number of hydrogen-bond acceptors (Lipinski definition) is 5. The van der Waals surface area contributed by atoms with Crippen molar-refractivity contribution in [1.82, 2.24) is 4.98 Å². The van der Waals surface area contributed by atoms with Gasteiger partial charge >= 0.3 is 0 Å². The summed E-state index contributed by atoms with van der Waals surface area (Å²) in [5.41, 5.74) is 2.18. The average molecular weight is 286 g/mol. The molecule has 0 spiro atoms. The number of furan rings is 1. The average Bonchev–Trinajstić information content (AvgIpc) is 3.04. The topological polar surface area (TPSA) is 47.6 Å². The Morgan fingerprint density at radius 1 is 1.35 bits per heavy atom. The highest BCUT2D eigenvalue weighted by molar-refractivity contribution is 7.22. The zero-order valence-corrected chi connectivity index (χ0v) is 12.1. The second kappa shape index (κ2) is 5.56. The molecule has 0 atom stereocenters. The summed E-state index contributed by atoms with van der Waals surface area (Å²) in [4.78, 5) is 8.90. The molecule has 0 amide bonds. The molecule has 1 aromatic carbocycles. The van der Waals surface area contributed by atoms with Crippen LogP contribution in [0.1, 0.15) is 17.1 Å². The standard InChI is InChI=1S/C15H14N2O2S/c1-10-4-3-5-13-14(10)17-15(20-13)16-8-11-6-7-12(19-11)9-18-2/h3-8H,9H2,1-2H3. The van der Waals surface area contributed by atoms with Gasteiger partial charge in [0.1, 0.15) is 18.1 Å². The van der Waals surface area contributed by atoms with Crippen molar-refractivity contribution in [2.45, 2.75) is 13.5 Å². The Balaban J connectivity index is 1.84. The van der Waals surface area contributed by atoms with Gasteiger partial charge in [0.05, 0.1) is 16.4 Å². The minimum Gasteiger partial charge on any atom is -0.458 e. The van der Waals surface area contributed by atoms with Crippen molar-refractivity contribution in [1.29, 1.82) is 0 Å². The molecule has 0 saturated heterocycles. The van der Waals surface area contributed by atoms with Gasteiger partial charge in [-0.15, -0.1) is 0 Å². The summed E-state index contributed by atoms with van der Waals surface area (Å²) in [5.74, 6) is 1.49. The number of hydrogen-bond donors (Lipinski definition) is 0. The smallest absolute Gasteiger partial charge is 0.210 e. The van der Waals surface area contributed by atoms with E-state index in [2.05, 4.69) is 29.0 Å². The van der Waals surface area contributed by atoms with Crippen LogP contribution < -0.4 is 0 Å². The van der Waals surface area contributed by atoms with Crippen LogP contribution in [-0.4, -0.2) is 18.3 Å². The first-order valence-corrected chi connectivity index (χ1v) is 7.06. The van der Waals surface area contributed by atoms with Crippen LogP contribution in [0, 0.1) is 6.92 Å². The molecule has 0 aliphatic carbocycles. The molecule has 5 heteroatoms. The van der Waals surface area contributed by atoms with Gasteiger partial charge in [0.15, 0.2) is 0 Å². The van der Waals surface area contributed by atoms with Gasteiger partial charge in [-0.3, -0.25) is 0 Å². The lowest BCUT2D eigenvalue weighted by Crippen LogP contribution is -1.82. The molecule has 2 heterocycles. The lowest BCUT2D eigenvalue weighted by atomic mass is 10.2. The summed E-state index contributed by atoms with van der Waals surface area (Å²) < 4.78 is 11.7. The maximum Gasteiger partial charge on any atom is 0.210 e. The van der Waals surface area contributed by atoms with E-state index >= 15 is 0 Å². The van der Waals surface area contributed by atoms with Crippen LogP contribution >= 0.6 is 11.3 Å². The Kier molecular flexibility index (Phi) is 3.62. The molecule has 0 fully saturated rings. The number of aryl methyl sites for hydroxylation is 1. The fourth-order valence-electron chi connectivity index (χ4n) is 1.93. The third-order valence-electron chi connectivity index (χ3n) is 2.88. The van der Waals surface area contributed by atoms with Gasteiger partial charge in [-0.25, -0.2) is 9.98 Å².